The van der Waals surface area contributed by atoms with Crippen molar-refractivity contribution >= 4 is 31.9 Å². The van der Waals surface area contributed by atoms with Gasteiger partial charge < -0.3 is 0 Å². The van der Waals surface area contributed by atoms with Crippen LogP contribution in [0.25, 0.3) is 11.1 Å². The van der Waals surface area contributed by atoms with Crippen LogP contribution < -0.4 is 0 Å². The third-order valence-corrected chi connectivity index (χ3v) is 6.56. The van der Waals surface area contributed by atoms with Crippen molar-refractivity contribution in [2.24, 2.45) is 0 Å². The summed E-state index contributed by atoms with van der Waals surface area (Å²) in [5, 5.41) is 0. The lowest BCUT2D eigenvalue weighted by atomic mass is 9.68. The Balaban J connectivity index is 1.94. The molecule has 4 aromatic rings. The molecule has 5 rings (SSSR count). The molecule has 4 aromatic carbocycles. The second-order valence-electron chi connectivity index (χ2n) is 6.85. The first-order valence-electron chi connectivity index (χ1n) is 8.93. The maximum atomic E-state index is 3.59. The zero-order valence-corrected chi connectivity index (χ0v) is 17.7. The Bertz CT molecular complexity index is 1030. The first-order chi connectivity index (χ1) is 13.2. The number of halogens is 2. The highest BCUT2D eigenvalue weighted by atomic mass is 79.9. The Kier molecular flexibility index (Phi) is 4.07. The molecule has 0 atom stereocenters. The van der Waals surface area contributed by atoms with E-state index in [9.17, 15) is 0 Å². The normalized spacial score (nSPS) is 13.9. The van der Waals surface area contributed by atoms with E-state index in [1.807, 2.05) is 0 Å². The van der Waals surface area contributed by atoms with E-state index in [4.69, 9.17) is 0 Å². The molecule has 1 aliphatic carbocycles. The fourth-order valence-corrected chi connectivity index (χ4v) is 4.95. The Labute approximate surface area is 176 Å². The van der Waals surface area contributed by atoms with Gasteiger partial charge >= 0.3 is 0 Å². The molecule has 27 heavy (non-hydrogen) atoms. The van der Waals surface area contributed by atoms with Gasteiger partial charge in [-0.2, -0.15) is 0 Å². The van der Waals surface area contributed by atoms with Crippen molar-refractivity contribution < 1.29 is 0 Å². The van der Waals surface area contributed by atoms with Crippen LogP contribution in [0.15, 0.2) is 106 Å². The lowest BCUT2D eigenvalue weighted by Crippen LogP contribution is -2.28. The summed E-state index contributed by atoms with van der Waals surface area (Å²) in [5.41, 5.74) is 7.58. The monoisotopic (exact) mass is 474 g/mol. The highest BCUT2D eigenvalue weighted by Crippen LogP contribution is 2.55. The fraction of sp³-hybridized carbons (Fsp3) is 0.0400. The van der Waals surface area contributed by atoms with Gasteiger partial charge in [-0.3, -0.25) is 0 Å². The standard InChI is InChI=1S/C25H16Br2/c26-19-13-9-17(10-14-19)25(18-11-15-20(27)16-12-18)23-7-3-1-5-21(23)22-6-2-4-8-24(22)25/h1-16H. The van der Waals surface area contributed by atoms with Crippen LogP contribution in [0.1, 0.15) is 22.3 Å². The van der Waals surface area contributed by atoms with Gasteiger partial charge in [0.25, 0.3) is 0 Å². The molecule has 0 radical (unpaired) electrons. The van der Waals surface area contributed by atoms with Crippen LogP contribution in [0.5, 0.6) is 0 Å². The van der Waals surface area contributed by atoms with Crippen molar-refractivity contribution in [3.63, 3.8) is 0 Å². The third-order valence-electron chi connectivity index (χ3n) is 5.51. The minimum absolute atomic E-state index is 0.311. The van der Waals surface area contributed by atoms with E-state index in [-0.39, 0.29) is 5.41 Å². The highest BCUT2D eigenvalue weighted by Gasteiger charge is 2.45. The van der Waals surface area contributed by atoms with E-state index >= 15 is 0 Å². The molecule has 130 valence electrons. The highest BCUT2D eigenvalue weighted by molar-refractivity contribution is 9.10. The van der Waals surface area contributed by atoms with E-state index in [1.165, 1.54) is 33.4 Å². The smallest absolute Gasteiger partial charge is 0.0619 e. The molecule has 2 heteroatoms. The van der Waals surface area contributed by atoms with Gasteiger partial charge in [0.15, 0.2) is 0 Å². The van der Waals surface area contributed by atoms with E-state index in [0.29, 0.717) is 0 Å². The van der Waals surface area contributed by atoms with Crippen molar-refractivity contribution in [3.8, 4) is 11.1 Å². The molecular weight excluding hydrogens is 460 g/mol. The van der Waals surface area contributed by atoms with Crippen LogP contribution in [0.4, 0.5) is 0 Å². The lowest BCUT2D eigenvalue weighted by Gasteiger charge is -2.34. The second-order valence-corrected chi connectivity index (χ2v) is 8.69. The average molecular weight is 476 g/mol. The van der Waals surface area contributed by atoms with Gasteiger partial charge in [0, 0.05) is 8.95 Å². The van der Waals surface area contributed by atoms with Gasteiger partial charge in [-0.15, -0.1) is 0 Å². The van der Waals surface area contributed by atoms with Crippen molar-refractivity contribution in [1.29, 1.82) is 0 Å². The van der Waals surface area contributed by atoms with Crippen LogP contribution in [-0.2, 0) is 5.41 Å². The van der Waals surface area contributed by atoms with Crippen LogP contribution in [0.3, 0.4) is 0 Å². The number of benzene rings is 4. The zero-order valence-electron chi connectivity index (χ0n) is 14.5. The van der Waals surface area contributed by atoms with E-state index in [1.54, 1.807) is 0 Å². The van der Waals surface area contributed by atoms with Gasteiger partial charge in [-0.05, 0) is 57.6 Å². The predicted octanol–water partition coefficient (Wildman–Crippen LogP) is 7.57. The summed E-state index contributed by atoms with van der Waals surface area (Å²) in [7, 11) is 0. The van der Waals surface area contributed by atoms with E-state index in [0.717, 1.165) is 8.95 Å². The molecule has 1 aliphatic rings. The lowest BCUT2D eigenvalue weighted by molar-refractivity contribution is 0.768. The minimum Gasteiger partial charge on any atom is -0.0619 e. The van der Waals surface area contributed by atoms with Crippen LogP contribution in [0, 0.1) is 0 Å². The Morgan fingerprint density at radius 2 is 0.815 bits per heavy atom. The molecule has 0 saturated heterocycles. The van der Waals surface area contributed by atoms with Crippen LogP contribution >= 0.6 is 31.9 Å². The number of hydrogen-bond acceptors (Lipinski definition) is 0. The molecule has 0 N–H and O–H groups in total. The maximum absolute atomic E-state index is 3.59. The average Bonchev–Trinajstić information content (AvgIpc) is 3.01. The first-order valence-corrected chi connectivity index (χ1v) is 10.5. The zero-order chi connectivity index (χ0) is 18.4. The Morgan fingerprint density at radius 3 is 1.22 bits per heavy atom. The SMILES string of the molecule is Brc1ccc(C2(c3ccc(Br)cc3)c3ccccc3-c3ccccc32)cc1. The predicted molar refractivity (Wildman–Crippen MR) is 119 cm³/mol. The quantitative estimate of drug-likeness (QED) is 0.247. The molecule has 0 spiro atoms. The molecule has 0 unspecified atom stereocenters. The summed E-state index contributed by atoms with van der Waals surface area (Å²) in [6.07, 6.45) is 0. The summed E-state index contributed by atoms with van der Waals surface area (Å²) in [6, 6.07) is 35.1. The van der Waals surface area contributed by atoms with Crippen molar-refractivity contribution in [3.05, 3.63) is 128 Å². The van der Waals surface area contributed by atoms with Gasteiger partial charge in [0.05, 0.1) is 5.41 Å². The van der Waals surface area contributed by atoms with Crippen LogP contribution in [0.2, 0.25) is 0 Å². The minimum atomic E-state index is -0.311. The topological polar surface area (TPSA) is 0 Å². The second kappa shape index (κ2) is 6.47. The molecule has 0 fully saturated rings. The van der Waals surface area contributed by atoms with Gasteiger partial charge in [-0.25, -0.2) is 0 Å². The van der Waals surface area contributed by atoms with E-state index in [2.05, 4.69) is 129 Å². The first kappa shape index (κ1) is 17.0. The molecule has 0 aliphatic heterocycles. The molecule has 0 saturated carbocycles. The molecule has 0 nitrogen and oxygen atoms in total. The Hall–Kier alpha value is -2.16. The summed E-state index contributed by atoms with van der Waals surface area (Å²) >= 11 is 7.19. The van der Waals surface area contributed by atoms with Crippen LogP contribution in [-0.4, -0.2) is 0 Å². The summed E-state index contributed by atoms with van der Waals surface area (Å²) in [5.74, 6) is 0. The van der Waals surface area contributed by atoms with Gasteiger partial charge in [-0.1, -0.05) is 105 Å². The fourth-order valence-electron chi connectivity index (χ4n) is 4.42. The van der Waals surface area contributed by atoms with E-state index < -0.39 is 0 Å². The maximum Gasteiger partial charge on any atom is 0.0713 e. The summed E-state index contributed by atoms with van der Waals surface area (Å²) in [6.45, 7) is 0. The molecule has 0 bridgehead atoms. The number of fused-ring (bicyclic) bond motifs is 3. The molecule has 0 amide bonds. The third kappa shape index (κ3) is 2.47. The molecule has 0 heterocycles. The number of hydrogen-bond donors (Lipinski definition) is 0. The van der Waals surface area contributed by atoms with Gasteiger partial charge in [0.2, 0.25) is 0 Å². The van der Waals surface area contributed by atoms with Crippen molar-refractivity contribution in [2.45, 2.75) is 5.41 Å². The van der Waals surface area contributed by atoms with Crippen molar-refractivity contribution in [2.75, 3.05) is 0 Å². The summed E-state index contributed by atoms with van der Waals surface area (Å²) in [4.78, 5) is 0. The van der Waals surface area contributed by atoms with Crippen molar-refractivity contribution in [1.82, 2.24) is 0 Å². The summed E-state index contributed by atoms with van der Waals surface area (Å²) < 4.78 is 2.19. The van der Waals surface area contributed by atoms with Gasteiger partial charge in [0.1, 0.15) is 0 Å². The molecular formula is C25H16Br2. The Morgan fingerprint density at radius 1 is 0.444 bits per heavy atom. The largest absolute Gasteiger partial charge is 0.0713 e. The number of rotatable bonds is 2. The molecule has 0 aromatic heterocycles.